The SMILES string of the molecule is Cc1ccc([C@H]2C(C(=O)c3ccc(C)o3)=C(O)C(=O)N2c2ncccn2)cc1. The molecular weight excluding hydrogens is 358 g/mol. The van der Waals surface area contributed by atoms with E-state index in [1.54, 1.807) is 19.1 Å². The van der Waals surface area contributed by atoms with Crippen LogP contribution in [0.1, 0.15) is 33.5 Å². The smallest absolute Gasteiger partial charge is 0.296 e. The minimum Gasteiger partial charge on any atom is -0.503 e. The molecule has 2 aromatic heterocycles. The van der Waals surface area contributed by atoms with Gasteiger partial charge in [0.15, 0.2) is 11.5 Å². The molecule has 3 aromatic rings. The van der Waals surface area contributed by atoms with Crippen LogP contribution in [0.2, 0.25) is 0 Å². The van der Waals surface area contributed by atoms with Crippen molar-refractivity contribution in [2.75, 3.05) is 4.90 Å². The first-order chi connectivity index (χ1) is 13.5. The normalized spacial score (nSPS) is 16.7. The Morgan fingerprint density at radius 1 is 1.07 bits per heavy atom. The highest BCUT2D eigenvalue weighted by molar-refractivity contribution is 6.19. The zero-order valence-electron chi connectivity index (χ0n) is 15.3. The molecule has 1 aliphatic heterocycles. The van der Waals surface area contributed by atoms with Gasteiger partial charge in [-0.25, -0.2) is 9.97 Å². The molecule has 0 unspecified atom stereocenters. The summed E-state index contributed by atoms with van der Waals surface area (Å²) in [6.07, 6.45) is 2.99. The number of hydrogen-bond donors (Lipinski definition) is 1. The van der Waals surface area contributed by atoms with Gasteiger partial charge in [-0.05, 0) is 37.6 Å². The summed E-state index contributed by atoms with van der Waals surface area (Å²) in [7, 11) is 0. The van der Waals surface area contributed by atoms with Crippen molar-refractivity contribution in [3.63, 3.8) is 0 Å². The molecule has 4 rings (SSSR count). The molecule has 1 amide bonds. The molecule has 1 aliphatic rings. The molecule has 0 spiro atoms. The highest BCUT2D eigenvalue weighted by Crippen LogP contribution is 2.40. The lowest BCUT2D eigenvalue weighted by Gasteiger charge is -2.24. The number of amides is 1. The van der Waals surface area contributed by atoms with Crippen molar-refractivity contribution in [3.05, 3.63) is 88.8 Å². The third-order valence-corrected chi connectivity index (χ3v) is 4.58. The van der Waals surface area contributed by atoms with Crippen LogP contribution in [0.15, 0.2) is 70.6 Å². The lowest BCUT2D eigenvalue weighted by atomic mass is 9.94. The summed E-state index contributed by atoms with van der Waals surface area (Å²) in [5.41, 5.74) is 1.62. The van der Waals surface area contributed by atoms with E-state index in [1.807, 2.05) is 31.2 Å². The lowest BCUT2D eigenvalue weighted by Crippen LogP contribution is -2.32. The Labute approximate surface area is 161 Å². The maximum atomic E-state index is 13.1. The summed E-state index contributed by atoms with van der Waals surface area (Å²) < 4.78 is 5.43. The van der Waals surface area contributed by atoms with E-state index in [9.17, 15) is 14.7 Å². The summed E-state index contributed by atoms with van der Waals surface area (Å²) in [5.74, 6) is -1.20. The van der Waals surface area contributed by atoms with Gasteiger partial charge < -0.3 is 9.52 Å². The fraction of sp³-hybridized carbons (Fsp3) is 0.143. The molecule has 0 radical (unpaired) electrons. The lowest BCUT2D eigenvalue weighted by molar-refractivity contribution is -0.117. The van der Waals surface area contributed by atoms with Gasteiger partial charge in [-0.2, -0.15) is 0 Å². The number of aliphatic hydroxyl groups is 1. The summed E-state index contributed by atoms with van der Waals surface area (Å²) in [6.45, 7) is 3.65. The minimum atomic E-state index is -0.867. The maximum absolute atomic E-state index is 13.1. The van der Waals surface area contributed by atoms with Gasteiger partial charge in [0.25, 0.3) is 5.91 Å². The quantitative estimate of drug-likeness (QED) is 0.702. The first-order valence-electron chi connectivity index (χ1n) is 8.69. The van der Waals surface area contributed by atoms with Crippen molar-refractivity contribution in [2.24, 2.45) is 0 Å². The second kappa shape index (κ2) is 6.77. The molecule has 0 bridgehead atoms. The van der Waals surface area contributed by atoms with Crippen molar-refractivity contribution in [2.45, 2.75) is 19.9 Å². The molecular formula is C21H17N3O4. The third-order valence-electron chi connectivity index (χ3n) is 4.58. The maximum Gasteiger partial charge on any atom is 0.296 e. The number of aryl methyl sites for hydroxylation is 2. The third kappa shape index (κ3) is 2.87. The van der Waals surface area contributed by atoms with Crippen LogP contribution in [0.4, 0.5) is 5.95 Å². The number of furan rings is 1. The first-order valence-corrected chi connectivity index (χ1v) is 8.69. The van der Waals surface area contributed by atoms with Gasteiger partial charge in [-0.3, -0.25) is 14.5 Å². The number of aliphatic hydroxyl groups excluding tert-OH is 1. The van der Waals surface area contributed by atoms with Gasteiger partial charge in [-0.1, -0.05) is 29.8 Å². The summed E-state index contributed by atoms with van der Waals surface area (Å²) in [5, 5.41) is 10.6. The average Bonchev–Trinajstić information content (AvgIpc) is 3.25. The second-order valence-electron chi connectivity index (χ2n) is 6.54. The molecule has 0 aliphatic carbocycles. The van der Waals surface area contributed by atoms with Crippen LogP contribution in [0.3, 0.4) is 0 Å². The molecule has 1 atom stereocenters. The monoisotopic (exact) mass is 375 g/mol. The number of carbonyl (C=O) groups is 2. The van der Waals surface area contributed by atoms with Gasteiger partial charge in [0.2, 0.25) is 11.7 Å². The number of rotatable bonds is 4. The van der Waals surface area contributed by atoms with E-state index >= 15 is 0 Å². The van der Waals surface area contributed by atoms with Crippen molar-refractivity contribution in [1.82, 2.24) is 9.97 Å². The van der Waals surface area contributed by atoms with Crippen LogP contribution in [0, 0.1) is 13.8 Å². The zero-order chi connectivity index (χ0) is 19.8. The van der Waals surface area contributed by atoms with E-state index in [-0.39, 0.29) is 17.3 Å². The number of anilines is 1. The van der Waals surface area contributed by atoms with E-state index in [0.29, 0.717) is 11.3 Å². The van der Waals surface area contributed by atoms with Gasteiger partial charge in [0, 0.05) is 12.4 Å². The zero-order valence-corrected chi connectivity index (χ0v) is 15.3. The summed E-state index contributed by atoms with van der Waals surface area (Å²) >= 11 is 0. The molecule has 3 heterocycles. The fourth-order valence-corrected chi connectivity index (χ4v) is 3.21. The van der Waals surface area contributed by atoms with E-state index in [1.165, 1.54) is 23.4 Å². The van der Waals surface area contributed by atoms with E-state index in [4.69, 9.17) is 4.42 Å². The highest BCUT2D eigenvalue weighted by Gasteiger charge is 2.46. The van der Waals surface area contributed by atoms with Crippen molar-refractivity contribution >= 4 is 17.6 Å². The first kappa shape index (κ1) is 17.7. The number of aromatic nitrogens is 2. The predicted octanol–water partition coefficient (Wildman–Crippen LogP) is 3.47. The van der Waals surface area contributed by atoms with Crippen LogP contribution in [0.25, 0.3) is 0 Å². The predicted molar refractivity (Wildman–Crippen MR) is 101 cm³/mol. The summed E-state index contributed by atoms with van der Waals surface area (Å²) in [6, 6.07) is 11.3. The van der Waals surface area contributed by atoms with Crippen LogP contribution in [-0.4, -0.2) is 26.8 Å². The standard InChI is InChI=1S/C21H17N3O4/c1-12-4-7-14(8-5-12)17-16(18(25)15-9-6-13(2)28-15)19(26)20(27)24(17)21-22-10-3-11-23-21/h3-11,17,26H,1-2H3/t17-/m0/s1. The number of hydrogen-bond acceptors (Lipinski definition) is 6. The number of benzene rings is 1. The molecule has 28 heavy (non-hydrogen) atoms. The van der Waals surface area contributed by atoms with Gasteiger partial charge in [-0.15, -0.1) is 0 Å². The molecule has 140 valence electrons. The van der Waals surface area contributed by atoms with Crippen molar-refractivity contribution in [1.29, 1.82) is 0 Å². The number of ketones is 1. The molecule has 0 fully saturated rings. The molecule has 1 N–H and O–H groups in total. The Morgan fingerprint density at radius 3 is 2.36 bits per heavy atom. The largest absolute Gasteiger partial charge is 0.503 e. The Bertz CT molecular complexity index is 1080. The Kier molecular flexibility index (Phi) is 4.27. The summed E-state index contributed by atoms with van der Waals surface area (Å²) in [4.78, 5) is 35.5. The number of Topliss-reactive ketones (excluding diaryl/α,β-unsaturated/α-hetero) is 1. The molecule has 0 saturated carbocycles. The van der Waals surface area contributed by atoms with Gasteiger partial charge in [0.05, 0.1) is 11.6 Å². The van der Waals surface area contributed by atoms with Crippen molar-refractivity contribution < 1.29 is 19.1 Å². The number of nitrogens with zero attached hydrogens (tertiary/aromatic N) is 3. The van der Waals surface area contributed by atoms with Crippen LogP contribution in [-0.2, 0) is 4.79 Å². The average molecular weight is 375 g/mol. The van der Waals surface area contributed by atoms with Gasteiger partial charge in [0.1, 0.15) is 5.76 Å². The molecule has 1 aromatic carbocycles. The second-order valence-corrected chi connectivity index (χ2v) is 6.54. The Balaban J connectivity index is 1.88. The van der Waals surface area contributed by atoms with E-state index in [0.717, 1.165) is 5.56 Å². The Morgan fingerprint density at radius 2 is 1.75 bits per heavy atom. The van der Waals surface area contributed by atoms with Gasteiger partial charge >= 0.3 is 0 Å². The highest BCUT2D eigenvalue weighted by atomic mass is 16.3. The van der Waals surface area contributed by atoms with Crippen LogP contribution >= 0.6 is 0 Å². The van der Waals surface area contributed by atoms with E-state index in [2.05, 4.69) is 9.97 Å². The molecule has 7 heteroatoms. The Hall–Kier alpha value is -3.74. The van der Waals surface area contributed by atoms with E-state index < -0.39 is 23.5 Å². The molecule has 7 nitrogen and oxygen atoms in total. The van der Waals surface area contributed by atoms with Crippen molar-refractivity contribution in [3.8, 4) is 0 Å². The van der Waals surface area contributed by atoms with Crippen LogP contribution < -0.4 is 4.90 Å². The molecule has 0 saturated heterocycles. The topological polar surface area (TPSA) is 96.5 Å². The van der Waals surface area contributed by atoms with Crippen LogP contribution in [0.5, 0.6) is 0 Å². The fourth-order valence-electron chi connectivity index (χ4n) is 3.21. The minimum absolute atomic E-state index is 0.0554. The number of carbonyl (C=O) groups excluding carboxylic acids is 2.